The summed E-state index contributed by atoms with van der Waals surface area (Å²) in [5, 5.41) is 22.6. The number of urea groups is 1. The van der Waals surface area contributed by atoms with Crippen LogP contribution in [0.2, 0.25) is 10.0 Å². The molecular weight excluding hydrogens is 573 g/mol. The summed E-state index contributed by atoms with van der Waals surface area (Å²) in [7, 11) is 0. The lowest BCUT2D eigenvalue weighted by molar-refractivity contribution is -0.130. The number of carbonyl (C=O) groups is 2. The van der Waals surface area contributed by atoms with E-state index in [9.17, 15) is 19.8 Å². The number of benzene rings is 2. The molecule has 2 aromatic heterocycles. The van der Waals surface area contributed by atoms with Gasteiger partial charge in [-0.25, -0.2) is 19.7 Å². The Labute approximate surface area is 243 Å². The number of amides is 3. The lowest BCUT2D eigenvalue weighted by Crippen LogP contribution is -2.43. The van der Waals surface area contributed by atoms with Crippen LogP contribution in [0, 0.1) is 0 Å². The fourth-order valence-corrected chi connectivity index (χ4v) is 5.72. The second-order valence-corrected chi connectivity index (χ2v) is 10.8. The average molecular weight is 598 g/mol. The number of aromatic nitrogens is 4. The van der Waals surface area contributed by atoms with E-state index in [0.29, 0.717) is 26.8 Å². The zero-order valence-corrected chi connectivity index (χ0v) is 22.9. The minimum absolute atomic E-state index is 0.0655. The molecule has 41 heavy (non-hydrogen) atoms. The number of aliphatic hydroxyl groups excluding tert-OH is 2. The molecule has 2 aromatic carbocycles. The topological polar surface area (TPSA) is 160 Å². The van der Waals surface area contributed by atoms with Crippen molar-refractivity contribution in [2.75, 3.05) is 12.3 Å². The second-order valence-electron chi connectivity index (χ2n) is 9.93. The summed E-state index contributed by atoms with van der Waals surface area (Å²) in [6, 6.07) is 12.9. The van der Waals surface area contributed by atoms with E-state index in [0.717, 1.165) is 10.5 Å². The third-order valence-electron chi connectivity index (χ3n) is 7.39. The quantitative estimate of drug-likeness (QED) is 0.272. The van der Waals surface area contributed by atoms with Crippen LogP contribution in [-0.4, -0.2) is 82.4 Å². The van der Waals surface area contributed by atoms with Crippen LogP contribution >= 0.6 is 23.2 Å². The summed E-state index contributed by atoms with van der Waals surface area (Å²) < 4.78 is 7.43. The van der Waals surface area contributed by atoms with Crippen LogP contribution in [0.5, 0.6) is 0 Å². The van der Waals surface area contributed by atoms with Crippen molar-refractivity contribution in [1.82, 2.24) is 29.3 Å². The Bertz CT molecular complexity index is 1620. The Morgan fingerprint density at radius 1 is 1.00 bits per heavy atom. The molecule has 0 aliphatic carbocycles. The summed E-state index contributed by atoms with van der Waals surface area (Å²) in [5.74, 6) is -0.303. The van der Waals surface area contributed by atoms with E-state index in [4.69, 9.17) is 33.7 Å². The number of fused-ring (bicyclic) bond motifs is 1. The highest BCUT2D eigenvalue weighted by molar-refractivity contribution is 6.35. The Morgan fingerprint density at radius 3 is 2.54 bits per heavy atom. The van der Waals surface area contributed by atoms with E-state index in [2.05, 4.69) is 15.0 Å². The molecular formula is C27H25Cl2N7O5. The van der Waals surface area contributed by atoms with Crippen LogP contribution < -0.4 is 5.73 Å². The second kappa shape index (κ2) is 10.9. The van der Waals surface area contributed by atoms with Crippen molar-refractivity contribution in [3.8, 4) is 0 Å². The van der Waals surface area contributed by atoms with E-state index >= 15 is 0 Å². The van der Waals surface area contributed by atoms with E-state index < -0.39 is 42.5 Å². The van der Waals surface area contributed by atoms with Gasteiger partial charge < -0.3 is 25.6 Å². The largest absolute Gasteiger partial charge is 0.387 e. The van der Waals surface area contributed by atoms with Gasteiger partial charge in [-0.1, -0.05) is 59.6 Å². The summed E-state index contributed by atoms with van der Waals surface area (Å²) in [6.07, 6.45) is -2.09. The smallest absolute Gasteiger partial charge is 0.327 e. The fraction of sp³-hybridized carbons (Fsp3) is 0.296. The molecule has 0 saturated carbocycles. The Morgan fingerprint density at radius 2 is 1.78 bits per heavy atom. The van der Waals surface area contributed by atoms with Gasteiger partial charge in [0.05, 0.1) is 12.9 Å². The van der Waals surface area contributed by atoms with Crippen LogP contribution in [0.4, 0.5) is 10.6 Å². The molecule has 0 unspecified atom stereocenters. The molecule has 2 aliphatic heterocycles. The molecule has 6 rings (SSSR count). The standard InChI is InChI=1S/C27H25Cl2N7O5/c28-16-7-6-15(17(29)9-16)10-34-18(8-14-4-2-1-3-5-14)25(39)35(27(34)40)11-19-21(37)22(38)26(41-19)36-13-33-20-23(30)31-12-32-24(20)36/h1-7,9,12-13,18-19,21-22,26,37-38H,8,10-11H2,(H2,30,31,32)/t18-,19-,21-,22-,26-/m1/s1. The highest BCUT2D eigenvalue weighted by Crippen LogP contribution is 2.34. The van der Waals surface area contributed by atoms with Crippen molar-refractivity contribution in [3.05, 3.63) is 82.4 Å². The average Bonchev–Trinajstić information content (AvgIpc) is 3.57. The van der Waals surface area contributed by atoms with Crippen LogP contribution in [0.25, 0.3) is 11.2 Å². The van der Waals surface area contributed by atoms with E-state index in [1.807, 2.05) is 30.3 Å². The van der Waals surface area contributed by atoms with Crippen molar-refractivity contribution in [3.63, 3.8) is 0 Å². The van der Waals surface area contributed by atoms with Crippen LogP contribution in [0.1, 0.15) is 17.4 Å². The van der Waals surface area contributed by atoms with E-state index in [-0.39, 0.29) is 25.3 Å². The van der Waals surface area contributed by atoms with Gasteiger partial charge in [-0.05, 0) is 23.3 Å². The predicted molar refractivity (Wildman–Crippen MR) is 149 cm³/mol. The molecule has 3 amide bonds. The first-order valence-electron chi connectivity index (χ1n) is 12.8. The molecule has 2 aliphatic rings. The highest BCUT2D eigenvalue weighted by Gasteiger charge is 2.50. The number of nitrogens with zero attached hydrogens (tertiary/aromatic N) is 6. The molecule has 4 heterocycles. The van der Waals surface area contributed by atoms with Crippen molar-refractivity contribution >= 4 is 52.1 Å². The molecule has 2 saturated heterocycles. The van der Waals surface area contributed by atoms with E-state index in [1.54, 1.807) is 18.2 Å². The fourth-order valence-electron chi connectivity index (χ4n) is 5.26. The Hall–Kier alpha value is -3.81. The molecule has 12 nitrogen and oxygen atoms in total. The molecule has 212 valence electrons. The van der Waals surface area contributed by atoms with Crippen LogP contribution in [0.3, 0.4) is 0 Å². The van der Waals surface area contributed by atoms with Crippen LogP contribution in [0.15, 0.2) is 61.2 Å². The molecule has 0 radical (unpaired) electrons. The number of nitrogen functional groups attached to an aromatic ring is 1. The number of hydrogen-bond donors (Lipinski definition) is 3. The molecule has 0 bridgehead atoms. The first kappa shape index (κ1) is 27.4. The lowest BCUT2D eigenvalue weighted by atomic mass is 10.0. The maximum atomic E-state index is 13.7. The summed E-state index contributed by atoms with van der Waals surface area (Å²) in [6.45, 7) is -0.220. The number of rotatable bonds is 7. The van der Waals surface area contributed by atoms with Gasteiger partial charge in [0.15, 0.2) is 17.7 Å². The minimum Gasteiger partial charge on any atom is -0.387 e. The number of ether oxygens (including phenoxy) is 1. The van der Waals surface area contributed by atoms with Gasteiger partial charge in [-0.15, -0.1) is 0 Å². The minimum atomic E-state index is -1.41. The normalized spacial score (nSPS) is 24.6. The Balaban J connectivity index is 1.26. The SMILES string of the molecule is Nc1ncnc2c1ncn2[C@@H]1O[C@H](CN2C(=O)[C@@H](Cc3ccccc3)N(Cc3ccc(Cl)cc3Cl)C2=O)[C@@H](O)[C@H]1O. The van der Waals surface area contributed by atoms with Crippen molar-refractivity contribution < 1.29 is 24.5 Å². The molecule has 0 spiro atoms. The molecule has 2 fully saturated rings. The maximum Gasteiger partial charge on any atom is 0.327 e. The van der Waals surface area contributed by atoms with Crippen molar-refractivity contribution in [1.29, 1.82) is 0 Å². The predicted octanol–water partition coefficient (Wildman–Crippen LogP) is 2.41. The lowest BCUT2D eigenvalue weighted by Gasteiger charge is -2.23. The molecule has 4 aromatic rings. The number of nitrogens with two attached hydrogens (primary N) is 1. The van der Waals surface area contributed by atoms with Gasteiger partial charge in [0, 0.05) is 23.0 Å². The van der Waals surface area contributed by atoms with E-state index in [1.165, 1.54) is 22.1 Å². The van der Waals surface area contributed by atoms with Gasteiger partial charge in [-0.2, -0.15) is 0 Å². The number of imidazole rings is 1. The van der Waals surface area contributed by atoms with Gasteiger partial charge in [0.2, 0.25) is 0 Å². The number of hydrogen-bond acceptors (Lipinski definition) is 9. The first-order valence-corrected chi connectivity index (χ1v) is 13.5. The first-order chi connectivity index (χ1) is 19.7. The zero-order valence-electron chi connectivity index (χ0n) is 21.4. The Kier molecular flexibility index (Phi) is 7.26. The summed E-state index contributed by atoms with van der Waals surface area (Å²) in [5.41, 5.74) is 7.98. The number of imide groups is 1. The highest BCUT2D eigenvalue weighted by atomic mass is 35.5. The molecule has 5 atom stereocenters. The number of aliphatic hydroxyl groups is 2. The summed E-state index contributed by atoms with van der Waals surface area (Å²) in [4.78, 5) is 42.2. The van der Waals surface area contributed by atoms with Crippen LogP contribution in [-0.2, 0) is 22.5 Å². The van der Waals surface area contributed by atoms with Crippen molar-refractivity contribution in [2.24, 2.45) is 0 Å². The van der Waals surface area contributed by atoms with Gasteiger partial charge in [0.25, 0.3) is 5.91 Å². The maximum absolute atomic E-state index is 13.7. The summed E-state index contributed by atoms with van der Waals surface area (Å²) >= 11 is 12.4. The number of anilines is 1. The van der Waals surface area contributed by atoms with Crippen molar-refractivity contribution in [2.45, 2.75) is 43.5 Å². The third-order valence-corrected chi connectivity index (χ3v) is 7.98. The molecule has 4 N–H and O–H groups in total. The zero-order chi connectivity index (χ0) is 28.8. The monoisotopic (exact) mass is 597 g/mol. The third kappa shape index (κ3) is 4.98. The molecule has 14 heteroatoms. The number of carbonyl (C=O) groups excluding carboxylic acids is 2. The van der Waals surface area contributed by atoms with Gasteiger partial charge >= 0.3 is 6.03 Å². The van der Waals surface area contributed by atoms with Gasteiger partial charge in [-0.3, -0.25) is 14.3 Å². The van der Waals surface area contributed by atoms with Gasteiger partial charge in [0.1, 0.15) is 36.2 Å². The number of halogens is 2.